The Bertz CT molecular complexity index is 1880. The number of anilines is 1. The zero-order chi connectivity index (χ0) is 31.2. The van der Waals surface area contributed by atoms with E-state index < -0.39 is 35.4 Å². The first-order chi connectivity index (χ1) is 21.6. The molecule has 3 heterocycles. The number of aryl methyl sites for hydroxylation is 1. The van der Waals surface area contributed by atoms with E-state index in [4.69, 9.17) is 4.74 Å². The summed E-state index contributed by atoms with van der Waals surface area (Å²) in [7, 11) is 0. The molecule has 0 radical (unpaired) electrons. The second kappa shape index (κ2) is 10.3. The number of nitrogens with zero attached hydrogens (tertiary/aromatic N) is 1. The molecule has 3 fully saturated rings. The minimum absolute atomic E-state index is 0.0160. The number of amides is 2. The molecule has 8 rings (SSSR count). The van der Waals surface area contributed by atoms with Gasteiger partial charge in [0.2, 0.25) is 11.8 Å². The van der Waals surface area contributed by atoms with Crippen LogP contribution in [-0.2, 0) is 22.4 Å². The van der Waals surface area contributed by atoms with Crippen molar-refractivity contribution in [3.05, 3.63) is 110 Å². The van der Waals surface area contributed by atoms with Gasteiger partial charge in [-0.1, -0.05) is 59.4 Å². The van der Waals surface area contributed by atoms with Crippen LogP contribution in [0.25, 0.3) is 0 Å². The van der Waals surface area contributed by atoms with Crippen LogP contribution in [0.2, 0.25) is 0 Å². The quantitative estimate of drug-likeness (QED) is 0.236. The molecular weight excluding hydrogens is 622 g/mol. The molecule has 1 saturated heterocycles. The van der Waals surface area contributed by atoms with Crippen molar-refractivity contribution in [1.82, 2.24) is 4.98 Å². The van der Waals surface area contributed by atoms with Crippen molar-refractivity contribution in [3.8, 4) is 5.75 Å². The predicted molar refractivity (Wildman–Crippen MR) is 164 cm³/mol. The van der Waals surface area contributed by atoms with E-state index >= 15 is 0 Å². The van der Waals surface area contributed by atoms with Gasteiger partial charge in [0.15, 0.2) is 0 Å². The largest absolute Gasteiger partial charge is 0.489 e. The van der Waals surface area contributed by atoms with Crippen LogP contribution in [-0.4, -0.2) is 22.0 Å². The van der Waals surface area contributed by atoms with E-state index in [0.717, 1.165) is 38.1 Å². The van der Waals surface area contributed by atoms with Crippen molar-refractivity contribution in [2.24, 2.45) is 29.6 Å². The Morgan fingerprint density at radius 2 is 1.64 bits per heavy atom. The smallest absolute Gasteiger partial charge is 0.416 e. The van der Waals surface area contributed by atoms with Crippen LogP contribution in [0.5, 0.6) is 5.75 Å². The molecule has 1 N–H and O–H groups in total. The number of aromatic nitrogens is 1. The van der Waals surface area contributed by atoms with Crippen molar-refractivity contribution in [2.75, 3.05) is 4.90 Å². The molecule has 2 bridgehead atoms. The molecule has 230 valence electrons. The van der Waals surface area contributed by atoms with Gasteiger partial charge in [0.05, 0.1) is 28.1 Å². The predicted octanol–water partition coefficient (Wildman–Crippen LogP) is 7.02. The van der Waals surface area contributed by atoms with Crippen molar-refractivity contribution < 1.29 is 27.5 Å². The van der Waals surface area contributed by atoms with E-state index in [9.17, 15) is 27.6 Å². The van der Waals surface area contributed by atoms with Crippen molar-refractivity contribution in [3.63, 3.8) is 0 Å². The molecule has 2 aliphatic carbocycles. The van der Waals surface area contributed by atoms with E-state index in [0.29, 0.717) is 18.8 Å². The van der Waals surface area contributed by atoms with E-state index in [1.807, 2.05) is 55.5 Å². The van der Waals surface area contributed by atoms with Gasteiger partial charge in [-0.15, -0.1) is 11.8 Å². The Morgan fingerprint density at radius 3 is 2.36 bits per heavy atom. The summed E-state index contributed by atoms with van der Waals surface area (Å²) in [6.07, 6.45) is -3.90. The van der Waals surface area contributed by atoms with Crippen LogP contribution < -0.4 is 14.5 Å². The highest BCUT2D eigenvalue weighted by Gasteiger charge is 2.69. The molecule has 4 aromatic rings. The maximum absolute atomic E-state index is 13.9. The fraction of sp³-hybridized carbons (Fsp3) is 0.324. The number of fused-ring (bicyclic) bond motifs is 9. The summed E-state index contributed by atoms with van der Waals surface area (Å²) in [6.45, 7) is 2.46. The number of ether oxygens (including phenoxy) is 1. The van der Waals surface area contributed by atoms with Gasteiger partial charge in [0.25, 0.3) is 0 Å². The van der Waals surface area contributed by atoms with E-state index in [-0.39, 0.29) is 39.5 Å². The van der Waals surface area contributed by atoms with Crippen LogP contribution in [0, 0.1) is 36.5 Å². The second-order valence-corrected chi connectivity index (χ2v) is 14.6. The molecule has 0 spiro atoms. The van der Waals surface area contributed by atoms with Crippen molar-refractivity contribution >= 4 is 40.6 Å². The molecule has 2 saturated carbocycles. The lowest BCUT2D eigenvalue weighted by Crippen LogP contribution is -2.42. The molecule has 2 amide bonds. The minimum atomic E-state index is -4.59. The number of imide groups is 1. The molecule has 1 aromatic heterocycles. The number of alkyl halides is 3. The SMILES string of the molecule is Cc1ccc(COc2ccc([C@H]3c4sc(=O)[nH]c4SC4C5CC(C6C(=O)N(c7cccc(C(F)(F)F)c7)C(=O)C56)C43)cc2)cc1. The van der Waals surface area contributed by atoms with Gasteiger partial charge in [-0.2, -0.15) is 13.2 Å². The fourth-order valence-electron chi connectivity index (χ4n) is 8.09. The number of benzene rings is 3. The molecular formula is C34H27F3N2O4S2. The number of carbonyl (C=O) groups excluding carboxylic acids is 2. The van der Waals surface area contributed by atoms with Crippen LogP contribution in [0.4, 0.5) is 18.9 Å². The average molecular weight is 649 g/mol. The van der Waals surface area contributed by atoms with Gasteiger partial charge in [0, 0.05) is 16.0 Å². The third-order valence-electron chi connectivity index (χ3n) is 9.92. The van der Waals surface area contributed by atoms with Gasteiger partial charge in [-0.25, -0.2) is 0 Å². The number of nitrogens with one attached hydrogen (secondary N) is 1. The molecule has 7 atom stereocenters. The van der Waals surface area contributed by atoms with Crippen LogP contribution in [0.3, 0.4) is 0 Å². The first-order valence-electron chi connectivity index (χ1n) is 14.8. The van der Waals surface area contributed by atoms with Gasteiger partial charge >= 0.3 is 11.0 Å². The summed E-state index contributed by atoms with van der Waals surface area (Å²) in [5, 5.41) is 0.779. The summed E-state index contributed by atoms with van der Waals surface area (Å²) < 4.78 is 46.5. The third kappa shape index (κ3) is 4.57. The van der Waals surface area contributed by atoms with Crippen molar-refractivity contribution in [2.45, 2.75) is 42.3 Å². The fourth-order valence-corrected chi connectivity index (χ4v) is 11.0. The summed E-state index contributed by atoms with van der Waals surface area (Å²) in [5.74, 6) is -1.77. The number of halogens is 3. The first kappa shape index (κ1) is 28.6. The topological polar surface area (TPSA) is 79.5 Å². The number of hydrogen-bond acceptors (Lipinski definition) is 6. The van der Waals surface area contributed by atoms with Gasteiger partial charge in [-0.05, 0) is 72.6 Å². The summed E-state index contributed by atoms with van der Waals surface area (Å²) in [5.41, 5.74) is 2.30. The number of carbonyl (C=O) groups is 2. The number of aromatic amines is 1. The molecule has 6 nitrogen and oxygen atoms in total. The van der Waals surface area contributed by atoms with E-state index in [1.54, 1.807) is 11.8 Å². The van der Waals surface area contributed by atoms with Gasteiger partial charge < -0.3 is 9.72 Å². The normalized spacial score (nSPS) is 28.3. The zero-order valence-corrected chi connectivity index (χ0v) is 25.5. The first-order valence-corrected chi connectivity index (χ1v) is 16.5. The molecule has 3 aromatic carbocycles. The van der Waals surface area contributed by atoms with Crippen LogP contribution >= 0.6 is 23.1 Å². The number of rotatable bonds is 5. The minimum Gasteiger partial charge on any atom is -0.489 e. The van der Waals surface area contributed by atoms with E-state index in [1.165, 1.54) is 29.0 Å². The number of thioether (sulfide) groups is 1. The van der Waals surface area contributed by atoms with Crippen molar-refractivity contribution in [1.29, 1.82) is 0 Å². The van der Waals surface area contributed by atoms with E-state index in [2.05, 4.69) is 4.98 Å². The van der Waals surface area contributed by atoms with Gasteiger partial charge in [-0.3, -0.25) is 19.3 Å². The lowest BCUT2D eigenvalue weighted by Gasteiger charge is -2.43. The van der Waals surface area contributed by atoms with Gasteiger partial charge in [0.1, 0.15) is 12.4 Å². The monoisotopic (exact) mass is 648 g/mol. The highest BCUT2D eigenvalue weighted by molar-refractivity contribution is 8.00. The highest BCUT2D eigenvalue weighted by Crippen LogP contribution is 2.68. The Morgan fingerprint density at radius 1 is 0.933 bits per heavy atom. The Balaban J connectivity index is 1.11. The summed E-state index contributed by atoms with van der Waals surface area (Å²) in [6, 6.07) is 20.5. The zero-order valence-electron chi connectivity index (χ0n) is 23.9. The second-order valence-electron chi connectivity index (χ2n) is 12.4. The lowest BCUT2D eigenvalue weighted by atomic mass is 9.68. The number of hydrogen-bond donors (Lipinski definition) is 1. The Hall–Kier alpha value is -3.83. The average Bonchev–Trinajstić information content (AvgIpc) is 3.75. The molecule has 4 aliphatic rings. The Labute approximate surface area is 264 Å². The summed E-state index contributed by atoms with van der Waals surface area (Å²) >= 11 is 2.75. The number of H-pyrrole nitrogens is 1. The Kier molecular flexibility index (Phi) is 6.58. The maximum Gasteiger partial charge on any atom is 0.416 e. The third-order valence-corrected chi connectivity index (χ3v) is 12.5. The molecule has 45 heavy (non-hydrogen) atoms. The molecule has 11 heteroatoms. The summed E-state index contributed by atoms with van der Waals surface area (Å²) in [4.78, 5) is 45.0. The standard InChI is InChI=1S/C34H27F3N2O4S2/c1-16-5-7-17(8-6-16)15-43-21-11-9-18(10-12-21)24-25-22-14-23(28(25)44-30-29(24)45-33(42)38-30)27-26(22)31(40)39(32(27)41)20-4-2-3-19(13-20)34(35,36)37/h2-13,22-28H,14-15H2,1H3,(H,38,42)/t22?,23?,24-,25?,26?,27?,28?/m1/s1. The molecule has 2 aliphatic heterocycles. The van der Waals surface area contributed by atoms with Crippen LogP contribution in [0.15, 0.2) is 82.6 Å². The lowest BCUT2D eigenvalue weighted by molar-refractivity contribution is -0.137. The molecule has 6 unspecified atom stereocenters. The van der Waals surface area contributed by atoms with Crippen LogP contribution in [0.1, 0.15) is 39.5 Å². The highest BCUT2D eigenvalue weighted by atomic mass is 32.2. The maximum atomic E-state index is 13.9. The number of thiazole rings is 1.